The van der Waals surface area contributed by atoms with Gasteiger partial charge in [0.05, 0.1) is 5.56 Å². The van der Waals surface area contributed by atoms with Gasteiger partial charge in [0.15, 0.2) is 5.78 Å². The van der Waals surface area contributed by atoms with Gasteiger partial charge in [0.25, 0.3) is 0 Å². The van der Waals surface area contributed by atoms with Gasteiger partial charge in [-0.15, -0.1) is 0 Å². The number of rotatable bonds is 9. The highest BCUT2D eigenvalue weighted by Crippen LogP contribution is 2.33. The summed E-state index contributed by atoms with van der Waals surface area (Å²) in [4.78, 5) is 13.4. The molecular formula is C24H29NO2. The van der Waals surface area contributed by atoms with Crippen molar-refractivity contribution in [2.75, 3.05) is 6.61 Å². The lowest BCUT2D eigenvalue weighted by Gasteiger charge is -2.15. The molecule has 0 fully saturated rings. The first-order chi connectivity index (χ1) is 13.1. The zero-order valence-electron chi connectivity index (χ0n) is 16.3. The van der Waals surface area contributed by atoms with Gasteiger partial charge in [-0.05, 0) is 24.8 Å². The Morgan fingerprint density at radius 3 is 2.30 bits per heavy atom. The first kappa shape index (κ1) is 19.4. The maximum Gasteiger partial charge on any atom is 0.195 e. The van der Waals surface area contributed by atoms with E-state index in [1.165, 1.54) is 0 Å². The van der Waals surface area contributed by atoms with Crippen molar-refractivity contribution in [2.24, 2.45) is 0 Å². The second-order valence-corrected chi connectivity index (χ2v) is 7.42. The van der Waals surface area contributed by atoms with E-state index < -0.39 is 0 Å². The molecule has 0 spiro atoms. The molecular weight excluding hydrogens is 334 g/mol. The van der Waals surface area contributed by atoms with Gasteiger partial charge in [-0.2, -0.15) is 0 Å². The summed E-state index contributed by atoms with van der Waals surface area (Å²) in [6.07, 6.45) is 4.05. The van der Waals surface area contributed by atoms with E-state index >= 15 is 0 Å². The average molecular weight is 364 g/mol. The summed E-state index contributed by atoms with van der Waals surface area (Å²) in [5, 5.41) is 10.0. The number of aromatic nitrogens is 1. The van der Waals surface area contributed by atoms with Crippen LogP contribution >= 0.6 is 0 Å². The molecule has 3 heteroatoms. The molecule has 27 heavy (non-hydrogen) atoms. The van der Waals surface area contributed by atoms with Gasteiger partial charge >= 0.3 is 0 Å². The molecule has 3 nitrogen and oxygen atoms in total. The zero-order chi connectivity index (χ0) is 19.2. The van der Waals surface area contributed by atoms with Crippen LogP contribution in [0.3, 0.4) is 0 Å². The van der Waals surface area contributed by atoms with E-state index in [0.29, 0.717) is 0 Å². The number of aliphatic hydroxyl groups is 1. The average Bonchev–Trinajstić information content (AvgIpc) is 3.02. The van der Waals surface area contributed by atoms with E-state index in [9.17, 15) is 4.79 Å². The molecule has 1 aromatic heterocycles. The SMILES string of the molecule is CC(C)c1c(C(=O)c2ccccc2)c2ccccc2n1CCCCCCO. The number of hydrogen-bond acceptors (Lipinski definition) is 2. The second-order valence-electron chi connectivity index (χ2n) is 7.42. The van der Waals surface area contributed by atoms with Crippen LogP contribution in [-0.2, 0) is 6.54 Å². The van der Waals surface area contributed by atoms with Gasteiger partial charge in [-0.3, -0.25) is 4.79 Å². The molecule has 0 atom stereocenters. The van der Waals surface area contributed by atoms with Gasteiger partial charge in [0, 0.05) is 35.3 Å². The van der Waals surface area contributed by atoms with E-state index in [4.69, 9.17) is 5.11 Å². The van der Waals surface area contributed by atoms with Crippen LogP contribution in [0.5, 0.6) is 0 Å². The lowest BCUT2D eigenvalue weighted by atomic mass is 9.96. The first-order valence-corrected chi connectivity index (χ1v) is 9.97. The van der Waals surface area contributed by atoms with Crippen LogP contribution in [0.15, 0.2) is 54.6 Å². The molecule has 0 saturated heterocycles. The van der Waals surface area contributed by atoms with Gasteiger partial charge in [-0.25, -0.2) is 0 Å². The molecule has 0 aliphatic carbocycles. The van der Waals surface area contributed by atoms with Crippen molar-refractivity contribution in [3.8, 4) is 0 Å². The Morgan fingerprint density at radius 1 is 0.926 bits per heavy atom. The number of aliphatic hydroxyl groups excluding tert-OH is 1. The predicted octanol–water partition coefficient (Wildman–Crippen LogP) is 5.55. The summed E-state index contributed by atoms with van der Waals surface area (Å²) in [5.74, 6) is 0.368. The van der Waals surface area contributed by atoms with Crippen LogP contribution in [0.1, 0.15) is 67.1 Å². The Balaban J connectivity index is 2.05. The summed E-state index contributed by atoms with van der Waals surface area (Å²) in [6.45, 7) is 5.50. The van der Waals surface area contributed by atoms with Crippen molar-refractivity contribution in [1.29, 1.82) is 0 Å². The van der Waals surface area contributed by atoms with Crippen molar-refractivity contribution in [1.82, 2.24) is 4.57 Å². The molecule has 142 valence electrons. The number of fused-ring (bicyclic) bond motifs is 1. The fourth-order valence-electron chi connectivity index (χ4n) is 3.87. The van der Waals surface area contributed by atoms with Crippen molar-refractivity contribution in [3.63, 3.8) is 0 Å². The Bertz CT molecular complexity index is 893. The molecule has 3 aromatic rings. The Hall–Kier alpha value is -2.39. The maximum atomic E-state index is 13.4. The highest BCUT2D eigenvalue weighted by atomic mass is 16.2. The molecule has 3 rings (SSSR count). The molecule has 1 N–H and O–H groups in total. The van der Waals surface area contributed by atoms with Crippen LogP contribution in [0, 0.1) is 0 Å². The first-order valence-electron chi connectivity index (χ1n) is 9.97. The highest BCUT2D eigenvalue weighted by molar-refractivity contribution is 6.17. The van der Waals surface area contributed by atoms with E-state index in [1.807, 2.05) is 42.5 Å². The third-order valence-electron chi connectivity index (χ3n) is 5.11. The number of carbonyl (C=O) groups excluding carboxylic acids is 1. The number of para-hydroxylation sites is 1. The van der Waals surface area contributed by atoms with Gasteiger partial charge < -0.3 is 9.67 Å². The minimum Gasteiger partial charge on any atom is -0.396 e. The normalized spacial score (nSPS) is 11.4. The molecule has 0 aliphatic heterocycles. The third-order valence-corrected chi connectivity index (χ3v) is 5.11. The van der Waals surface area contributed by atoms with Crippen molar-refractivity contribution >= 4 is 16.7 Å². The standard InChI is InChI=1S/C24H29NO2/c1-18(2)23-22(24(27)19-12-6-5-7-13-19)20-14-8-9-15-21(20)25(23)16-10-3-4-11-17-26/h5-9,12-15,18,26H,3-4,10-11,16-17H2,1-2H3. The maximum absolute atomic E-state index is 13.4. The molecule has 0 amide bonds. The van der Waals surface area contributed by atoms with Crippen LogP contribution in [0.4, 0.5) is 0 Å². The molecule has 1 heterocycles. The smallest absolute Gasteiger partial charge is 0.195 e. The van der Waals surface area contributed by atoms with Crippen molar-refractivity contribution < 1.29 is 9.90 Å². The fraction of sp³-hybridized carbons (Fsp3) is 0.375. The van der Waals surface area contributed by atoms with Gasteiger partial charge in [-0.1, -0.05) is 75.2 Å². The Morgan fingerprint density at radius 2 is 1.59 bits per heavy atom. The molecule has 0 unspecified atom stereocenters. The minimum absolute atomic E-state index is 0.106. The number of benzene rings is 2. The summed E-state index contributed by atoms with van der Waals surface area (Å²) in [5.41, 5.74) is 3.86. The van der Waals surface area contributed by atoms with E-state index in [0.717, 1.165) is 60.0 Å². The molecule has 0 radical (unpaired) electrons. The van der Waals surface area contributed by atoms with Gasteiger partial charge in [0.1, 0.15) is 0 Å². The molecule has 2 aromatic carbocycles. The zero-order valence-corrected chi connectivity index (χ0v) is 16.3. The lowest BCUT2D eigenvalue weighted by molar-refractivity contribution is 0.103. The number of ketones is 1. The molecule has 0 saturated carbocycles. The summed E-state index contributed by atoms with van der Waals surface area (Å²) in [6, 6.07) is 17.8. The van der Waals surface area contributed by atoms with Crippen LogP contribution in [0.25, 0.3) is 10.9 Å². The van der Waals surface area contributed by atoms with Crippen molar-refractivity contribution in [3.05, 3.63) is 71.4 Å². The Kier molecular flexibility index (Phi) is 6.46. The van der Waals surface area contributed by atoms with E-state index in [-0.39, 0.29) is 18.3 Å². The van der Waals surface area contributed by atoms with E-state index in [2.05, 4.69) is 30.5 Å². The lowest BCUT2D eigenvalue weighted by Crippen LogP contribution is -2.10. The van der Waals surface area contributed by atoms with Crippen LogP contribution in [-0.4, -0.2) is 22.1 Å². The van der Waals surface area contributed by atoms with Crippen LogP contribution < -0.4 is 0 Å². The molecule has 0 bridgehead atoms. The van der Waals surface area contributed by atoms with E-state index in [1.54, 1.807) is 0 Å². The quantitative estimate of drug-likeness (QED) is 0.400. The van der Waals surface area contributed by atoms with Crippen molar-refractivity contribution in [2.45, 2.75) is 52.0 Å². The number of carbonyl (C=O) groups is 1. The minimum atomic E-state index is 0.106. The number of hydrogen-bond donors (Lipinski definition) is 1. The van der Waals surface area contributed by atoms with Gasteiger partial charge in [0.2, 0.25) is 0 Å². The largest absolute Gasteiger partial charge is 0.396 e. The summed E-state index contributed by atoms with van der Waals surface area (Å²) >= 11 is 0. The summed E-state index contributed by atoms with van der Waals surface area (Å²) in [7, 11) is 0. The topological polar surface area (TPSA) is 42.2 Å². The monoisotopic (exact) mass is 363 g/mol. The summed E-state index contributed by atoms with van der Waals surface area (Å²) < 4.78 is 2.34. The Labute approximate surface area is 161 Å². The number of aryl methyl sites for hydroxylation is 1. The third kappa shape index (κ3) is 4.14. The van der Waals surface area contributed by atoms with Crippen LogP contribution in [0.2, 0.25) is 0 Å². The number of unbranched alkanes of at least 4 members (excludes halogenated alkanes) is 3. The number of nitrogens with zero attached hydrogens (tertiary/aromatic N) is 1. The fourth-order valence-corrected chi connectivity index (χ4v) is 3.87. The second kappa shape index (κ2) is 9.01. The highest BCUT2D eigenvalue weighted by Gasteiger charge is 2.24. The molecule has 0 aliphatic rings. The predicted molar refractivity (Wildman–Crippen MR) is 111 cm³/mol.